The van der Waals surface area contributed by atoms with Crippen LogP contribution < -0.4 is 0 Å². The number of hydrogen-bond acceptors (Lipinski definition) is 4. The highest BCUT2D eigenvalue weighted by molar-refractivity contribution is 5.87. The molecule has 1 N–H and O–H groups in total. The summed E-state index contributed by atoms with van der Waals surface area (Å²) in [6.45, 7) is 9.22. The lowest BCUT2D eigenvalue weighted by Gasteiger charge is -2.65. The molecular formula is C24H34F6O4. The fraction of sp³-hybridized carbons (Fsp3) is 0.875. The van der Waals surface area contributed by atoms with Gasteiger partial charge in [0.15, 0.2) is 0 Å². The van der Waals surface area contributed by atoms with Crippen molar-refractivity contribution in [1.29, 1.82) is 0 Å². The molecule has 3 atom stereocenters. The van der Waals surface area contributed by atoms with Gasteiger partial charge >= 0.3 is 18.3 Å². The summed E-state index contributed by atoms with van der Waals surface area (Å²) >= 11 is 0. The molecule has 4 fully saturated rings. The van der Waals surface area contributed by atoms with Crippen molar-refractivity contribution in [2.75, 3.05) is 0 Å². The van der Waals surface area contributed by atoms with Crippen LogP contribution in [0.5, 0.6) is 0 Å². The van der Waals surface area contributed by atoms with E-state index in [0.29, 0.717) is 26.2 Å². The molecule has 0 aromatic heterocycles. The Kier molecular flexibility index (Phi) is 6.97. The zero-order chi connectivity index (χ0) is 25.9. The van der Waals surface area contributed by atoms with Gasteiger partial charge in [0.1, 0.15) is 12.2 Å². The van der Waals surface area contributed by atoms with Crippen molar-refractivity contribution in [3.05, 3.63) is 12.2 Å². The van der Waals surface area contributed by atoms with Crippen molar-refractivity contribution < 1.29 is 45.7 Å². The van der Waals surface area contributed by atoms with E-state index in [2.05, 4.69) is 6.58 Å². The smallest absolute Gasteiger partial charge is 0.428 e. The molecule has 4 nitrogen and oxygen atoms in total. The third-order valence-corrected chi connectivity index (χ3v) is 8.74. The van der Waals surface area contributed by atoms with E-state index in [9.17, 15) is 36.2 Å². The van der Waals surface area contributed by atoms with Gasteiger partial charge < -0.3 is 14.6 Å². The molecule has 34 heavy (non-hydrogen) atoms. The first-order chi connectivity index (χ1) is 15.5. The second-order valence-electron chi connectivity index (χ2n) is 10.6. The number of hydrogen-bond donors (Lipinski definition) is 1. The van der Waals surface area contributed by atoms with Crippen molar-refractivity contribution in [3.63, 3.8) is 0 Å². The molecule has 4 saturated carbocycles. The van der Waals surface area contributed by atoms with Crippen LogP contribution in [-0.4, -0.2) is 46.8 Å². The van der Waals surface area contributed by atoms with Crippen LogP contribution in [0.4, 0.5) is 26.3 Å². The molecule has 4 bridgehead atoms. The standard InChI is InChI=1S/C24H34F6O4/c1-6-21(7-2,34-14(5)22(32,23(25,26)27)24(28,29)30)20-10-15-8-16(11-20)18(17(9-15)12-20)33-19(31)13(3)4/h14-18,32H,3,6-12H2,1-2,4-5H3. The summed E-state index contributed by atoms with van der Waals surface area (Å²) in [4.78, 5) is 12.2. The number of alkyl halides is 6. The fourth-order valence-corrected chi connectivity index (χ4v) is 7.29. The van der Waals surface area contributed by atoms with Gasteiger partial charge in [0.25, 0.3) is 5.60 Å². The van der Waals surface area contributed by atoms with E-state index in [1.807, 2.05) is 0 Å². The maximum absolute atomic E-state index is 13.5. The molecule has 196 valence electrons. The van der Waals surface area contributed by atoms with Crippen LogP contribution in [0.15, 0.2) is 12.2 Å². The minimum absolute atomic E-state index is 0.0463. The first-order valence-corrected chi connectivity index (χ1v) is 11.9. The summed E-state index contributed by atoms with van der Waals surface area (Å²) in [5.74, 6) is -0.350. The molecule has 0 radical (unpaired) electrons. The molecule has 0 amide bonds. The van der Waals surface area contributed by atoms with Crippen LogP contribution in [0.2, 0.25) is 0 Å². The van der Waals surface area contributed by atoms with Crippen molar-refractivity contribution in [2.45, 2.75) is 108 Å². The van der Waals surface area contributed by atoms with Gasteiger partial charge in [0.05, 0.1) is 5.60 Å². The van der Waals surface area contributed by atoms with Crippen molar-refractivity contribution >= 4 is 5.97 Å². The Morgan fingerprint density at radius 1 is 1.03 bits per heavy atom. The van der Waals surface area contributed by atoms with Gasteiger partial charge in [0, 0.05) is 11.0 Å². The number of rotatable bonds is 8. The lowest BCUT2D eigenvalue weighted by molar-refractivity contribution is -0.405. The normalized spacial score (nSPS) is 32.6. The molecule has 0 aromatic rings. The van der Waals surface area contributed by atoms with Gasteiger partial charge in [0.2, 0.25) is 0 Å². The largest absolute Gasteiger partial charge is 0.458 e. The van der Waals surface area contributed by atoms with Gasteiger partial charge in [-0.2, -0.15) is 26.3 Å². The van der Waals surface area contributed by atoms with Crippen molar-refractivity contribution in [3.8, 4) is 0 Å². The van der Waals surface area contributed by atoms with E-state index in [-0.39, 0.29) is 42.3 Å². The number of halogens is 6. The molecular weight excluding hydrogens is 466 g/mol. The van der Waals surface area contributed by atoms with Crippen LogP contribution in [-0.2, 0) is 14.3 Å². The van der Waals surface area contributed by atoms with E-state index in [1.54, 1.807) is 20.8 Å². The number of esters is 1. The Morgan fingerprint density at radius 2 is 1.50 bits per heavy atom. The maximum Gasteiger partial charge on any atom is 0.428 e. The Balaban J connectivity index is 1.95. The minimum atomic E-state index is -5.96. The summed E-state index contributed by atoms with van der Waals surface area (Å²) in [5, 5.41) is 9.94. The predicted octanol–water partition coefficient (Wildman–Crippen LogP) is 6.12. The van der Waals surface area contributed by atoms with Crippen molar-refractivity contribution in [1.82, 2.24) is 0 Å². The monoisotopic (exact) mass is 500 g/mol. The number of carbonyl (C=O) groups excluding carboxylic acids is 1. The topological polar surface area (TPSA) is 55.8 Å². The van der Waals surface area contributed by atoms with Gasteiger partial charge in [-0.15, -0.1) is 0 Å². The molecule has 0 heterocycles. The van der Waals surface area contributed by atoms with Gasteiger partial charge in [-0.25, -0.2) is 4.79 Å². The average Bonchev–Trinajstić information content (AvgIpc) is 2.71. The molecule has 4 aliphatic carbocycles. The van der Waals surface area contributed by atoms with Gasteiger partial charge in [-0.1, -0.05) is 20.4 Å². The van der Waals surface area contributed by atoms with Crippen LogP contribution in [0.25, 0.3) is 0 Å². The van der Waals surface area contributed by atoms with Crippen LogP contribution in [0.3, 0.4) is 0 Å². The molecule has 0 saturated heterocycles. The highest BCUT2D eigenvalue weighted by atomic mass is 19.4. The van der Waals surface area contributed by atoms with Crippen LogP contribution in [0, 0.1) is 23.2 Å². The average molecular weight is 501 g/mol. The number of ether oxygens (including phenoxy) is 2. The fourth-order valence-electron chi connectivity index (χ4n) is 7.29. The van der Waals surface area contributed by atoms with E-state index in [4.69, 9.17) is 9.47 Å². The quantitative estimate of drug-likeness (QED) is 0.248. The molecule has 4 aliphatic rings. The Morgan fingerprint density at radius 3 is 1.88 bits per heavy atom. The van der Waals surface area contributed by atoms with Crippen LogP contribution in [0.1, 0.15) is 72.6 Å². The Labute approximate surface area is 196 Å². The lowest BCUT2D eigenvalue weighted by atomic mass is 9.43. The highest BCUT2D eigenvalue weighted by Gasteiger charge is 2.75. The van der Waals surface area contributed by atoms with Crippen LogP contribution >= 0.6 is 0 Å². The molecule has 0 spiro atoms. The summed E-state index contributed by atoms with van der Waals surface area (Å²) in [6.07, 6.45) is -11.2. The first kappa shape index (κ1) is 27.3. The SMILES string of the molecule is C=C(C)C(=O)OC1C2CC3CC1CC(C(CC)(CC)OC(C)C(O)(C(F)(F)F)C(F)(F)F)(C3)C2. The Bertz CT molecular complexity index is 770. The van der Waals surface area contributed by atoms with E-state index < -0.39 is 41.0 Å². The second-order valence-corrected chi connectivity index (χ2v) is 10.6. The third-order valence-electron chi connectivity index (χ3n) is 8.74. The molecule has 0 aliphatic heterocycles. The third kappa shape index (κ3) is 4.06. The number of carbonyl (C=O) groups is 1. The molecule has 4 rings (SSSR count). The summed E-state index contributed by atoms with van der Waals surface area (Å²) in [6, 6.07) is 0. The zero-order valence-electron chi connectivity index (χ0n) is 20.0. The summed E-state index contributed by atoms with van der Waals surface area (Å²) in [7, 11) is 0. The first-order valence-electron chi connectivity index (χ1n) is 11.9. The van der Waals surface area contributed by atoms with E-state index in [0.717, 1.165) is 12.8 Å². The summed E-state index contributed by atoms with van der Waals surface area (Å²) in [5.41, 5.74) is -6.67. The minimum Gasteiger partial charge on any atom is -0.458 e. The maximum atomic E-state index is 13.5. The van der Waals surface area contributed by atoms with Gasteiger partial charge in [-0.3, -0.25) is 0 Å². The van der Waals surface area contributed by atoms with Crippen molar-refractivity contribution in [2.24, 2.45) is 23.2 Å². The number of aliphatic hydroxyl groups is 1. The second kappa shape index (κ2) is 8.68. The van der Waals surface area contributed by atoms with E-state index >= 15 is 0 Å². The van der Waals surface area contributed by atoms with E-state index in [1.165, 1.54) is 0 Å². The molecule has 0 aromatic carbocycles. The lowest BCUT2D eigenvalue weighted by Crippen LogP contribution is -2.68. The summed E-state index contributed by atoms with van der Waals surface area (Å²) < 4.78 is 92.7. The highest BCUT2D eigenvalue weighted by Crippen LogP contribution is 2.67. The molecule has 10 heteroatoms. The predicted molar refractivity (Wildman–Crippen MR) is 112 cm³/mol. The zero-order valence-corrected chi connectivity index (χ0v) is 20.0. The van der Waals surface area contributed by atoms with Gasteiger partial charge in [-0.05, 0) is 76.5 Å². The Hall–Kier alpha value is -1.29. The molecule has 3 unspecified atom stereocenters.